The molecule has 1 aromatic carbocycles. The molecular formula is C22H27Cl2N3O3. The number of nitrogens with zero attached hydrogens (tertiary/aromatic N) is 3. The number of rotatable bonds is 5. The molecule has 0 unspecified atom stereocenters. The Morgan fingerprint density at radius 3 is 2.60 bits per heavy atom. The molecule has 0 bridgehead atoms. The quantitative estimate of drug-likeness (QED) is 0.575. The summed E-state index contributed by atoms with van der Waals surface area (Å²) in [6.07, 6.45) is 5.80. The number of carbonyl (C=O) groups excluding carboxylic acids is 1. The summed E-state index contributed by atoms with van der Waals surface area (Å²) in [7, 11) is 1.97. The van der Waals surface area contributed by atoms with E-state index in [1.807, 2.05) is 25.2 Å². The molecule has 8 heteroatoms. The molecule has 1 N–H and O–H groups in total. The molecule has 30 heavy (non-hydrogen) atoms. The molecule has 0 spiro atoms. The van der Waals surface area contributed by atoms with Crippen molar-refractivity contribution in [2.45, 2.75) is 26.3 Å². The van der Waals surface area contributed by atoms with E-state index in [4.69, 9.17) is 4.74 Å². The van der Waals surface area contributed by atoms with Gasteiger partial charge in [0.25, 0.3) is 0 Å². The predicted molar refractivity (Wildman–Crippen MR) is 123 cm³/mol. The standard InChI is InChI=1S/C22H25N3O3.2ClH/c1-3-28-22(27)21-17-12-20(26)16(15-7-6-8-23-13-15)11-18(17)24(2)19(21)14-25-9-4-5-10-25;;/h6-8,11-13,26H,3-5,9-10,14H2,1-2H3;2*1H. The lowest BCUT2D eigenvalue weighted by atomic mass is 10.0. The fraction of sp³-hybridized carbons (Fsp3) is 0.364. The van der Waals surface area contributed by atoms with Gasteiger partial charge in [-0.05, 0) is 51.1 Å². The SMILES string of the molecule is CCOC(=O)c1c(CN2CCCC2)n(C)c2cc(-c3cccnc3)c(O)cc12.Cl.Cl. The van der Waals surface area contributed by atoms with Crippen molar-refractivity contribution in [2.24, 2.45) is 7.05 Å². The summed E-state index contributed by atoms with van der Waals surface area (Å²) in [4.78, 5) is 19.3. The van der Waals surface area contributed by atoms with Crippen molar-refractivity contribution in [3.63, 3.8) is 0 Å². The Morgan fingerprint density at radius 1 is 1.23 bits per heavy atom. The van der Waals surface area contributed by atoms with Crippen LogP contribution in [0.5, 0.6) is 5.75 Å². The highest BCUT2D eigenvalue weighted by atomic mass is 35.5. The minimum atomic E-state index is -0.337. The van der Waals surface area contributed by atoms with Crippen molar-refractivity contribution in [2.75, 3.05) is 19.7 Å². The maximum absolute atomic E-state index is 12.8. The lowest BCUT2D eigenvalue weighted by molar-refractivity contribution is 0.0526. The average Bonchev–Trinajstić information content (AvgIpc) is 3.29. The van der Waals surface area contributed by atoms with Gasteiger partial charge in [-0.1, -0.05) is 6.07 Å². The van der Waals surface area contributed by atoms with Crippen LogP contribution in [0.4, 0.5) is 0 Å². The molecule has 3 aromatic rings. The van der Waals surface area contributed by atoms with Crippen LogP contribution in [0.15, 0.2) is 36.7 Å². The number of aryl methyl sites for hydroxylation is 1. The number of aromatic hydroxyl groups is 1. The summed E-state index contributed by atoms with van der Waals surface area (Å²) in [5.74, 6) is -0.208. The monoisotopic (exact) mass is 451 g/mol. The highest BCUT2D eigenvalue weighted by Crippen LogP contribution is 2.37. The van der Waals surface area contributed by atoms with Crippen LogP contribution in [0.2, 0.25) is 0 Å². The number of fused-ring (bicyclic) bond motifs is 1. The van der Waals surface area contributed by atoms with Crippen LogP contribution in [0.3, 0.4) is 0 Å². The first-order valence-electron chi connectivity index (χ1n) is 9.74. The van der Waals surface area contributed by atoms with E-state index in [1.165, 1.54) is 12.8 Å². The highest BCUT2D eigenvalue weighted by Gasteiger charge is 2.26. The third-order valence-electron chi connectivity index (χ3n) is 5.46. The van der Waals surface area contributed by atoms with Gasteiger partial charge in [0.15, 0.2) is 0 Å². The van der Waals surface area contributed by atoms with Crippen LogP contribution in [0.25, 0.3) is 22.0 Å². The van der Waals surface area contributed by atoms with Crippen molar-refractivity contribution >= 4 is 41.7 Å². The zero-order valence-electron chi connectivity index (χ0n) is 17.1. The average molecular weight is 452 g/mol. The third-order valence-corrected chi connectivity index (χ3v) is 5.46. The normalized spacial score (nSPS) is 13.7. The first-order chi connectivity index (χ1) is 13.6. The van der Waals surface area contributed by atoms with Crippen LogP contribution < -0.4 is 0 Å². The number of aromatic nitrogens is 2. The Labute approximate surface area is 188 Å². The van der Waals surface area contributed by atoms with Crippen LogP contribution in [-0.4, -0.2) is 45.2 Å². The van der Waals surface area contributed by atoms with Crippen molar-refractivity contribution in [1.82, 2.24) is 14.5 Å². The second kappa shape index (κ2) is 10.2. The van der Waals surface area contributed by atoms with Crippen molar-refractivity contribution in [3.8, 4) is 16.9 Å². The van der Waals surface area contributed by atoms with Gasteiger partial charge in [0, 0.05) is 53.7 Å². The van der Waals surface area contributed by atoms with E-state index in [1.54, 1.807) is 25.4 Å². The Morgan fingerprint density at radius 2 is 1.97 bits per heavy atom. The summed E-state index contributed by atoms with van der Waals surface area (Å²) in [6.45, 7) is 4.90. The molecule has 0 atom stereocenters. The second-order valence-corrected chi connectivity index (χ2v) is 7.21. The molecule has 3 heterocycles. The number of carbonyl (C=O) groups is 1. The van der Waals surface area contributed by atoms with Gasteiger partial charge < -0.3 is 14.4 Å². The molecule has 162 valence electrons. The van der Waals surface area contributed by atoms with Crippen molar-refractivity contribution in [1.29, 1.82) is 0 Å². The smallest absolute Gasteiger partial charge is 0.340 e. The molecule has 1 fully saturated rings. The number of hydrogen-bond acceptors (Lipinski definition) is 5. The van der Waals surface area contributed by atoms with Gasteiger partial charge in [-0.3, -0.25) is 9.88 Å². The predicted octanol–water partition coefficient (Wildman–Crippen LogP) is 4.56. The van der Waals surface area contributed by atoms with E-state index in [-0.39, 0.29) is 36.5 Å². The molecule has 1 aliphatic heterocycles. The number of benzene rings is 1. The molecule has 1 saturated heterocycles. The van der Waals surface area contributed by atoms with Gasteiger partial charge in [0.1, 0.15) is 5.75 Å². The Bertz CT molecular complexity index is 1020. The fourth-order valence-electron chi connectivity index (χ4n) is 4.05. The van der Waals surface area contributed by atoms with E-state index < -0.39 is 0 Å². The van der Waals surface area contributed by atoms with E-state index in [9.17, 15) is 9.90 Å². The third kappa shape index (κ3) is 4.41. The number of phenolic OH excluding ortho intramolecular Hbond substituents is 1. The van der Waals surface area contributed by atoms with Gasteiger partial charge in [-0.15, -0.1) is 24.8 Å². The number of hydrogen-bond donors (Lipinski definition) is 1. The number of pyridine rings is 1. The highest BCUT2D eigenvalue weighted by molar-refractivity contribution is 6.07. The fourth-order valence-corrected chi connectivity index (χ4v) is 4.05. The molecular weight excluding hydrogens is 425 g/mol. The molecule has 1 aliphatic rings. The summed E-state index contributed by atoms with van der Waals surface area (Å²) in [5, 5.41) is 11.4. The molecule has 4 rings (SSSR count). The Hall–Kier alpha value is -2.28. The molecule has 0 radical (unpaired) electrons. The van der Waals surface area contributed by atoms with Crippen LogP contribution in [0.1, 0.15) is 35.8 Å². The van der Waals surface area contributed by atoms with Crippen molar-refractivity contribution in [3.05, 3.63) is 47.9 Å². The summed E-state index contributed by atoms with van der Waals surface area (Å²) < 4.78 is 7.40. The van der Waals surface area contributed by atoms with Gasteiger partial charge in [0.05, 0.1) is 12.2 Å². The van der Waals surface area contributed by atoms with E-state index in [2.05, 4.69) is 14.5 Å². The summed E-state index contributed by atoms with van der Waals surface area (Å²) >= 11 is 0. The molecule has 0 saturated carbocycles. The number of ether oxygens (including phenoxy) is 1. The second-order valence-electron chi connectivity index (χ2n) is 7.21. The molecule has 6 nitrogen and oxygen atoms in total. The van der Waals surface area contributed by atoms with Gasteiger partial charge in [0.2, 0.25) is 0 Å². The molecule has 0 amide bonds. The largest absolute Gasteiger partial charge is 0.507 e. The number of esters is 1. The van der Waals surface area contributed by atoms with E-state index in [0.717, 1.165) is 35.2 Å². The first-order valence-corrected chi connectivity index (χ1v) is 9.74. The number of likely N-dealkylation sites (tertiary alicyclic amines) is 1. The zero-order valence-corrected chi connectivity index (χ0v) is 18.8. The lowest BCUT2D eigenvalue weighted by Gasteiger charge is -2.16. The summed E-state index contributed by atoms with van der Waals surface area (Å²) in [6, 6.07) is 7.36. The van der Waals surface area contributed by atoms with Gasteiger partial charge >= 0.3 is 5.97 Å². The van der Waals surface area contributed by atoms with Crippen molar-refractivity contribution < 1.29 is 14.6 Å². The minimum Gasteiger partial charge on any atom is -0.507 e. The van der Waals surface area contributed by atoms with Crippen LogP contribution >= 0.6 is 24.8 Å². The zero-order chi connectivity index (χ0) is 19.7. The van der Waals surface area contributed by atoms with E-state index in [0.29, 0.717) is 24.3 Å². The number of halogens is 2. The first kappa shape index (κ1) is 24.0. The molecule has 0 aliphatic carbocycles. The topological polar surface area (TPSA) is 67.6 Å². The number of phenols is 1. The summed E-state index contributed by atoms with van der Waals surface area (Å²) in [5.41, 5.74) is 3.91. The van der Waals surface area contributed by atoms with Crippen LogP contribution in [0, 0.1) is 0 Å². The minimum absolute atomic E-state index is 0. The van der Waals surface area contributed by atoms with Gasteiger partial charge in [-0.25, -0.2) is 4.79 Å². The Balaban J connectivity index is 0.00000160. The molecule has 2 aromatic heterocycles. The maximum Gasteiger partial charge on any atom is 0.340 e. The lowest BCUT2D eigenvalue weighted by Crippen LogP contribution is -2.22. The van der Waals surface area contributed by atoms with Gasteiger partial charge in [-0.2, -0.15) is 0 Å². The Kier molecular flexibility index (Phi) is 8.12. The van der Waals surface area contributed by atoms with E-state index >= 15 is 0 Å². The maximum atomic E-state index is 12.8. The van der Waals surface area contributed by atoms with Crippen LogP contribution in [-0.2, 0) is 18.3 Å².